The van der Waals surface area contributed by atoms with Crippen LogP contribution in [0, 0.1) is 0 Å². The summed E-state index contributed by atoms with van der Waals surface area (Å²) < 4.78 is 5.27. The first-order valence-electron chi connectivity index (χ1n) is 10.1. The number of carbonyl (C=O) groups excluding carboxylic acids is 1. The summed E-state index contributed by atoms with van der Waals surface area (Å²) >= 11 is 0. The van der Waals surface area contributed by atoms with E-state index >= 15 is 0 Å². The second-order valence-corrected chi connectivity index (χ2v) is 7.45. The molecule has 1 atom stereocenters. The molecule has 0 spiro atoms. The molecule has 26 heavy (non-hydrogen) atoms. The van der Waals surface area contributed by atoms with Gasteiger partial charge >= 0.3 is 0 Å². The van der Waals surface area contributed by atoms with Crippen LogP contribution in [-0.4, -0.2) is 37.0 Å². The number of rotatable bonds is 9. The molecule has 1 fully saturated rings. The Labute approximate surface area is 157 Å². The summed E-state index contributed by atoms with van der Waals surface area (Å²) in [5.41, 5.74) is 2.79. The second kappa shape index (κ2) is 9.77. The Kier molecular flexibility index (Phi) is 7.13. The molecule has 1 amide bonds. The number of ether oxygens (including phenoxy) is 1. The third kappa shape index (κ3) is 5.34. The summed E-state index contributed by atoms with van der Waals surface area (Å²) in [7, 11) is 1.70. The van der Waals surface area contributed by atoms with Gasteiger partial charge in [0, 0.05) is 25.6 Å². The van der Waals surface area contributed by atoms with Gasteiger partial charge in [-0.1, -0.05) is 23.8 Å². The van der Waals surface area contributed by atoms with Crippen molar-refractivity contribution in [3.8, 4) is 5.75 Å². The van der Waals surface area contributed by atoms with Crippen LogP contribution < -0.4 is 10.1 Å². The normalized spacial score (nSPS) is 20.3. The first-order chi connectivity index (χ1) is 12.8. The third-order valence-corrected chi connectivity index (χ3v) is 5.63. The first kappa shape index (κ1) is 19.0. The molecular formula is C22H32N2O2. The van der Waals surface area contributed by atoms with Crippen molar-refractivity contribution < 1.29 is 9.53 Å². The summed E-state index contributed by atoms with van der Waals surface area (Å²) in [6, 6.07) is 8.57. The van der Waals surface area contributed by atoms with E-state index in [1.54, 1.807) is 12.7 Å². The summed E-state index contributed by atoms with van der Waals surface area (Å²) in [6.45, 7) is 2.68. The van der Waals surface area contributed by atoms with E-state index < -0.39 is 0 Å². The minimum atomic E-state index is 0.346. The van der Waals surface area contributed by atoms with E-state index in [4.69, 9.17) is 4.74 Å². The fourth-order valence-electron chi connectivity index (χ4n) is 4.08. The number of benzene rings is 1. The summed E-state index contributed by atoms with van der Waals surface area (Å²) in [6.07, 6.45) is 11.3. The van der Waals surface area contributed by atoms with E-state index in [0.29, 0.717) is 11.9 Å². The minimum absolute atomic E-state index is 0.346. The maximum absolute atomic E-state index is 12.3. The molecule has 1 aromatic carbocycles. The van der Waals surface area contributed by atoms with E-state index in [2.05, 4.69) is 28.4 Å². The zero-order chi connectivity index (χ0) is 18.2. The van der Waals surface area contributed by atoms with Gasteiger partial charge in [0.1, 0.15) is 5.75 Å². The molecule has 4 heteroatoms. The smallest absolute Gasteiger partial charge is 0.222 e. The van der Waals surface area contributed by atoms with E-state index in [1.807, 2.05) is 12.1 Å². The number of allylic oxidation sites excluding steroid dienone is 1. The molecule has 0 aromatic heterocycles. The molecular weight excluding hydrogens is 324 g/mol. The van der Waals surface area contributed by atoms with Gasteiger partial charge in [-0.3, -0.25) is 4.79 Å². The van der Waals surface area contributed by atoms with Crippen LogP contribution >= 0.6 is 0 Å². The van der Waals surface area contributed by atoms with Crippen LogP contribution in [0.3, 0.4) is 0 Å². The van der Waals surface area contributed by atoms with Gasteiger partial charge in [-0.2, -0.15) is 0 Å². The lowest BCUT2D eigenvalue weighted by atomic mass is 9.97. The Bertz CT molecular complexity index is 626. The Morgan fingerprint density at radius 2 is 2.19 bits per heavy atom. The number of nitrogens with zero attached hydrogens (tertiary/aromatic N) is 1. The minimum Gasteiger partial charge on any atom is -0.497 e. The van der Waals surface area contributed by atoms with E-state index in [9.17, 15) is 4.79 Å². The maximum atomic E-state index is 12.3. The highest BCUT2D eigenvalue weighted by Gasteiger charge is 2.30. The Morgan fingerprint density at radius 3 is 3.00 bits per heavy atom. The van der Waals surface area contributed by atoms with Crippen LogP contribution in [0.4, 0.5) is 0 Å². The number of carbonyl (C=O) groups is 1. The Morgan fingerprint density at radius 1 is 1.27 bits per heavy atom. The van der Waals surface area contributed by atoms with E-state index in [0.717, 1.165) is 51.1 Å². The lowest BCUT2D eigenvalue weighted by molar-refractivity contribution is -0.129. The van der Waals surface area contributed by atoms with Crippen molar-refractivity contribution in [1.82, 2.24) is 10.2 Å². The van der Waals surface area contributed by atoms with Crippen molar-refractivity contribution in [1.29, 1.82) is 0 Å². The fraction of sp³-hybridized carbons (Fsp3) is 0.591. The van der Waals surface area contributed by atoms with E-state index in [1.165, 1.54) is 31.2 Å². The molecule has 1 saturated heterocycles. The SMILES string of the molecule is COc1cccc(CNCC[C@H]2CCC(=O)N2CCC2=CCCCC2)c1. The van der Waals surface area contributed by atoms with Gasteiger partial charge in [-0.25, -0.2) is 0 Å². The van der Waals surface area contributed by atoms with Gasteiger partial charge in [0.25, 0.3) is 0 Å². The lowest BCUT2D eigenvalue weighted by Crippen LogP contribution is -2.36. The summed E-state index contributed by atoms with van der Waals surface area (Å²) in [4.78, 5) is 14.4. The molecule has 4 nitrogen and oxygen atoms in total. The summed E-state index contributed by atoms with van der Waals surface area (Å²) in [5.74, 6) is 1.24. The molecule has 0 radical (unpaired) electrons. The molecule has 3 rings (SSSR count). The molecule has 1 heterocycles. The highest BCUT2D eigenvalue weighted by molar-refractivity contribution is 5.78. The van der Waals surface area contributed by atoms with Gasteiger partial charge < -0.3 is 15.0 Å². The van der Waals surface area contributed by atoms with Crippen molar-refractivity contribution in [3.05, 3.63) is 41.5 Å². The van der Waals surface area contributed by atoms with Crippen molar-refractivity contribution in [2.75, 3.05) is 20.2 Å². The lowest BCUT2D eigenvalue weighted by Gasteiger charge is -2.26. The van der Waals surface area contributed by atoms with Gasteiger partial charge in [-0.05, 0) is 69.2 Å². The van der Waals surface area contributed by atoms with Crippen molar-refractivity contribution >= 4 is 5.91 Å². The van der Waals surface area contributed by atoms with Crippen LogP contribution in [0.5, 0.6) is 5.75 Å². The van der Waals surface area contributed by atoms with Crippen LogP contribution in [0.15, 0.2) is 35.9 Å². The molecule has 0 bridgehead atoms. The molecule has 0 unspecified atom stereocenters. The largest absolute Gasteiger partial charge is 0.497 e. The standard InChI is InChI=1S/C22H32N2O2/c1-26-21-9-5-8-19(16-21)17-23-14-12-20-10-11-22(25)24(20)15-13-18-6-3-2-4-7-18/h5-6,8-9,16,20,23H,2-4,7,10-15,17H2,1H3/t20-/m1/s1. The topological polar surface area (TPSA) is 41.6 Å². The quantitative estimate of drug-likeness (QED) is 0.536. The summed E-state index contributed by atoms with van der Waals surface area (Å²) in [5, 5.41) is 3.52. The average Bonchev–Trinajstić information content (AvgIpc) is 3.04. The number of hydrogen-bond donors (Lipinski definition) is 1. The third-order valence-electron chi connectivity index (χ3n) is 5.63. The molecule has 142 valence electrons. The number of likely N-dealkylation sites (tertiary alicyclic amines) is 1. The molecule has 1 aliphatic carbocycles. The van der Waals surface area contributed by atoms with Gasteiger partial charge in [0.2, 0.25) is 5.91 Å². The number of nitrogens with one attached hydrogen (secondary N) is 1. The Balaban J connectivity index is 1.41. The highest BCUT2D eigenvalue weighted by atomic mass is 16.5. The Hall–Kier alpha value is -1.81. The second-order valence-electron chi connectivity index (χ2n) is 7.45. The zero-order valence-electron chi connectivity index (χ0n) is 16.0. The molecule has 0 saturated carbocycles. The number of methoxy groups -OCH3 is 1. The average molecular weight is 357 g/mol. The van der Waals surface area contributed by atoms with Crippen LogP contribution in [0.1, 0.15) is 56.9 Å². The van der Waals surface area contributed by atoms with Crippen LogP contribution in [-0.2, 0) is 11.3 Å². The van der Waals surface area contributed by atoms with Crippen LogP contribution in [0.25, 0.3) is 0 Å². The molecule has 1 aliphatic heterocycles. The first-order valence-corrected chi connectivity index (χ1v) is 10.1. The highest BCUT2D eigenvalue weighted by Crippen LogP contribution is 2.25. The molecule has 2 aliphatic rings. The van der Waals surface area contributed by atoms with Crippen LogP contribution in [0.2, 0.25) is 0 Å². The van der Waals surface area contributed by atoms with Crippen molar-refractivity contribution in [2.45, 2.75) is 64.0 Å². The number of amides is 1. The predicted molar refractivity (Wildman–Crippen MR) is 105 cm³/mol. The fourth-order valence-corrected chi connectivity index (χ4v) is 4.08. The zero-order valence-corrected chi connectivity index (χ0v) is 16.0. The molecule has 1 aromatic rings. The predicted octanol–water partition coefficient (Wildman–Crippen LogP) is 4.06. The van der Waals surface area contributed by atoms with Gasteiger partial charge in [0.05, 0.1) is 7.11 Å². The van der Waals surface area contributed by atoms with Gasteiger partial charge in [0.15, 0.2) is 0 Å². The van der Waals surface area contributed by atoms with Crippen molar-refractivity contribution in [2.24, 2.45) is 0 Å². The van der Waals surface area contributed by atoms with E-state index in [-0.39, 0.29) is 0 Å². The van der Waals surface area contributed by atoms with Gasteiger partial charge in [-0.15, -0.1) is 0 Å². The molecule has 1 N–H and O–H groups in total. The monoisotopic (exact) mass is 356 g/mol. The number of hydrogen-bond acceptors (Lipinski definition) is 3. The maximum Gasteiger partial charge on any atom is 0.222 e. The van der Waals surface area contributed by atoms with Crippen molar-refractivity contribution in [3.63, 3.8) is 0 Å².